The molecule has 0 saturated heterocycles. The minimum absolute atomic E-state index is 0.187. The fourth-order valence-electron chi connectivity index (χ4n) is 2.58. The number of amides is 1. The topological polar surface area (TPSA) is 42.4 Å². The molecule has 8 heteroatoms. The van der Waals surface area contributed by atoms with Crippen LogP contribution < -0.4 is 4.74 Å². The van der Waals surface area contributed by atoms with E-state index in [1.54, 1.807) is 19.5 Å². The quantitative estimate of drug-likeness (QED) is 0.591. The van der Waals surface area contributed by atoms with E-state index in [2.05, 4.69) is 4.98 Å². The Kier molecular flexibility index (Phi) is 5.69. The van der Waals surface area contributed by atoms with Crippen molar-refractivity contribution in [1.82, 2.24) is 9.88 Å². The number of methoxy groups -OCH3 is 1. The normalized spacial score (nSPS) is 11.3. The first-order chi connectivity index (χ1) is 13.3. The molecular weight excluding hydrogens is 389 g/mol. The molecule has 28 heavy (non-hydrogen) atoms. The Labute approximate surface area is 164 Å². The molecule has 0 unspecified atom stereocenters. The van der Waals surface area contributed by atoms with Crippen molar-refractivity contribution < 1.29 is 22.7 Å². The summed E-state index contributed by atoms with van der Waals surface area (Å²) in [6, 6.07) is 12.1. The van der Waals surface area contributed by atoms with Gasteiger partial charge in [-0.15, -0.1) is 11.3 Å². The van der Waals surface area contributed by atoms with Gasteiger partial charge in [-0.25, -0.2) is 4.98 Å². The highest BCUT2D eigenvalue weighted by Crippen LogP contribution is 2.29. The van der Waals surface area contributed by atoms with Gasteiger partial charge in [0.15, 0.2) is 0 Å². The summed E-state index contributed by atoms with van der Waals surface area (Å²) in [5.41, 5.74) is 1.06. The molecule has 0 radical (unpaired) electrons. The summed E-state index contributed by atoms with van der Waals surface area (Å²) in [6.45, 7) is 0.187. The SMILES string of the molecule is COc1ccc(-c2nc(C(=O)N(C)Cc3ccc(C(F)(F)F)cc3)cs2)cc1. The first kappa shape index (κ1) is 19.9. The number of halogens is 3. The number of nitrogens with zero attached hydrogens (tertiary/aromatic N) is 2. The summed E-state index contributed by atoms with van der Waals surface area (Å²) < 4.78 is 43.0. The van der Waals surface area contributed by atoms with Gasteiger partial charge in [-0.3, -0.25) is 4.79 Å². The van der Waals surface area contributed by atoms with Gasteiger partial charge in [-0.1, -0.05) is 12.1 Å². The second kappa shape index (κ2) is 8.02. The number of benzene rings is 2. The van der Waals surface area contributed by atoms with Crippen molar-refractivity contribution in [3.63, 3.8) is 0 Å². The molecule has 3 aromatic rings. The van der Waals surface area contributed by atoms with Crippen LogP contribution in [-0.4, -0.2) is 29.9 Å². The van der Waals surface area contributed by atoms with E-state index in [1.165, 1.54) is 28.4 Å². The Morgan fingerprint density at radius 2 is 1.75 bits per heavy atom. The molecule has 0 spiro atoms. The average Bonchev–Trinajstić information content (AvgIpc) is 3.17. The Morgan fingerprint density at radius 3 is 2.32 bits per heavy atom. The third-order valence-corrected chi connectivity index (χ3v) is 5.00. The molecule has 1 heterocycles. The van der Waals surface area contributed by atoms with E-state index in [9.17, 15) is 18.0 Å². The summed E-state index contributed by atoms with van der Waals surface area (Å²) in [7, 11) is 3.17. The molecule has 146 valence electrons. The van der Waals surface area contributed by atoms with E-state index >= 15 is 0 Å². The molecule has 3 rings (SSSR count). The van der Waals surface area contributed by atoms with Crippen molar-refractivity contribution in [2.24, 2.45) is 0 Å². The zero-order valence-electron chi connectivity index (χ0n) is 15.2. The monoisotopic (exact) mass is 406 g/mol. The van der Waals surface area contributed by atoms with Crippen LogP contribution in [0.5, 0.6) is 5.75 Å². The Morgan fingerprint density at radius 1 is 1.11 bits per heavy atom. The number of hydrogen-bond donors (Lipinski definition) is 0. The summed E-state index contributed by atoms with van der Waals surface area (Å²) in [6.07, 6.45) is -4.38. The minimum atomic E-state index is -4.38. The van der Waals surface area contributed by atoms with Crippen molar-refractivity contribution in [2.45, 2.75) is 12.7 Å². The highest BCUT2D eigenvalue weighted by atomic mass is 32.1. The highest BCUT2D eigenvalue weighted by Gasteiger charge is 2.30. The fraction of sp³-hybridized carbons (Fsp3) is 0.200. The van der Waals surface area contributed by atoms with Crippen LogP contribution in [0.3, 0.4) is 0 Å². The van der Waals surface area contributed by atoms with Gasteiger partial charge in [-0.05, 0) is 42.0 Å². The van der Waals surface area contributed by atoms with Gasteiger partial charge in [0.25, 0.3) is 5.91 Å². The summed E-state index contributed by atoms with van der Waals surface area (Å²) >= 11 is 1.35. The maximum Gasteiger partial charge on any atom is 0.416 e. The molecule has 0 bridgehead atoms. The zero-order chi connectivity index (χ0) is 20.3. The second-order valence-corrected chi connectivity index (χ2v) is 6.98. The molecule has 0 fully saturated rings. The molecule has 0 saturated carbocycles. The van der Waals surface area contributed by atoms with Crippen molar-refractivity contribution in [1.29, 1.82) is 0 Å². The van der Waals surface area contributed by atoms with E-state index in [0.29, 0.717) is 16.3 Å². The lowest BCUT2D eigenvalue weighted by atomic mass is 10.1. The van der Waals surface area contributed by atoms with E-state index < -0.39 is 11.7 Å². The summed E-state index contributed by atoms with van der Waals surface area (Å²) in [5.74, 6) is 0.434. The standard InChI is InChI=1S/C20H17F3N2O2S/c1-25(11-13-3-7-15(8-4-13)20(21,22)23)19(26)17-12-28-18(24-17)14-5-9-16(27-2)10-6-14/h3-10,12H,11H2,1-2H3. The Balaban J connectivity index is 1.69. The Hall–Kier alpha value is -2.87. The van der Waals surface area contributed by atoms with Crippen LogP contribution in [0.2, 0.25) is 0 Å². The molecule has 0 aliphatic heterocycles. The number of alkyl halides is 3. The van der Waals surface area contributed by atoms with Gasteiger partial charge in [0, 0.05) is 24.5 Å². The van der Waals surface area contributed by atoms with Gasteiger partial charge in [0.1, 0.15) is 16.5 Å². The molecule has 4 nitrogen and oxygen atoms in total. The van der Waals surface area contributed by atoms with Crippen LogP contribution >= 0.6 is 11.3 Å². The van der Waals surface area contributed by atoms with Crippen LogP contribution in [0.4, 0.5) is 13.2 Å². The lowest BCUT2D eigenvalue weighted by Gasteiger charge is -2.16. The Bertz CT molecular complexity index is 951. The first-order valence-electron chi connectivity index (χ1n) is 8.29. The molecule has 0 N–H and O–H groups in total. The van der Waals surface area contributed by atoms with E-state index in [0.717, 1.165) is 23.4 Å². The van der Waals surface area contributed by atoms with Gasteiger partial charge in [0.05, 0.1) is 12.7 Å². The molecule has 2 aromatic carbocycles. The maximum absolute atomic E-state index is 12.6. The molecule has 0 aliphatic rings. The third kappa shape index (κ3) is 4.51. The van der Waals surface area contributed by atoms with Crippen molar-refractivity contribution in [3.05, 3.63) is 70.7 Å². The van der Waals surface area contributed by atoms with Gasteiger partial charge < -0.3 is 9.64 Å². The number of aromatic nitrogens is 1. The molecule has 0 aliphatic carbocycles. The lowest BCUT2D eigenvalue weighted by molar-refractivity contribution is -0.137. The zero-order valence-corrected chi connectivity index (χ0v) is 16.0. The van der Waals surface area contributed by atoms with Crippen LogP contribution in [-0.2, 0) is 12.7 Å². The second-order valence-electron chi connectivity index (χ2n) is 6.12. The maximum atomic E-state index is 12.6. The van der Waals surface area contributed by atoms with Crippen LogP contribution in [0.1, 0.15) is 21.6 Å². The van der Waals surface area contributed by atoms with E-state index in [-0.39, 0.29) is 12.5 Å². The largest absolute Gasteiger partial charge is 0.497 e. The van der Waals surface area contributed by atoms with Crippen molar-refractivity contribution >= 4 is 17.2 Å². The van der Waals surface area contributed by atoms with Gasteiger partial charge in [-0.2, -0.15) is 13.2 Å². The number of rotatable bonds is 5. The molecule has 1 amide bonds. The number of thiazole rings is 1. The fourth-order valence-corrected chi connectivity index (χ4v) is 3.38. The smallest absolute Gasteiger partial charge is 0.416 e. The van der Waals surface area contributed by atoms with Crippen LogP contribution in [0.15, 0.2) is 53.9 Å². The number of carbonyl (C=O) groups excluding carboxylic acids is 1. The van der Waals surface area contributed by atoms with E-state index in [4.69, 9.17) is 4.74 Å². The molecule has 1 aromatic heterocycles. The summed E-state index contributed by atoms with van der Waals surface area (Å²) in [5, 5.41) is 2.37. The van der Waals surface area contributed by atoms with Crippen molar-refractivity contribution in [2.75, 3.05) is 14.2 Å². The third-order valence-electron chi connectivity index (χ3n) is 4.11. The number of ether oxygens (including phenoxy) is 1. The van der Waals surface area contributed by atoms with Crippen LogP contribution in [0.25, 0.3) is 10.6 Å². The molecule has 0 atom stereocenters. The predicted molar refractivity (Wildman–Crippen MR) is 101 cm³/mol. The first-order valence-corrected chi connectivity index (χ1v) is 9.17. The number of hydrogen-bond acceptors (Lipinski definition) is 4. The summed E-state index contributed by atoms with van der Waals surface area (Å²) in [4.78, 5) is 18.4. The highest BCUT2D eigenvalue weighted by molar-refractivity contribution is 7.13. The van der Waals surface area contributed by atoms with Gasteiger partial charge >= 0.3 is 6.18 Å². The minimum Gasteiger partial charge on any atom is -0.497 e. The number of carbonyl (C=O) groups is 1. The van der Waals surface area contributed by atoms with Crippen LogP contribution in [0, 0.1) is 0 Å². The van der Waals surface area contributed by atoms with Crippen molar-refractivity contribution in [3.8, 4) is 16.3 Å². The lowest BCUT2D eigenvalue weighted by Crippen LogP contribution is -2.26. The van der Waals surface area contributed by atoms with E-state index in [1.807, 2.05) is 24.3 Å². The van der Waals surface area contributed by atoms with Gasteiger partial charge in [0.2, 0.25) is 0 Å². The average molecular weight is 406 g/mol. The predicted octanol–water partition coefficient (Wildman–Crippen LogP) is 5.11. The molecular formula is C20H17F3N2O2S.